The van der Waals surface area contributed by atoms with Gasteiger partial charge in [-0.1, -0.05) is 77.5 Å². The largest absolute Gasteiger partial charge is 0.268 e. The third-order valence-corrected chi connectivity index (χ3v) is 5.71. The molecule has 0 aliphatic rings. The lowest BCUT2D eigenvalue weighted by Crippen LogP contribution is -2.21. The van der Waals surface area contributed by atoms with Crippen LogP contribution in [0.5, 0.6) is 0 Å². The molecule has 0 aliphatic heterocycles. The highest BCUT2D eigenvalue weighted by Gasteiger charge is 2.18. The molecule has 0 aliphatic carbocycles. The van der Waals surface area contributed by atoms with Crippen molar-refractivity contribution in [2.75, 3.05) is 0 Å². The standard InChI is InChI=1S/C22H13ClN4OS/c23-16-12-10-15(11-13-16)20-25-26-22(29-20)27-19(14-6-2-1-3-7-14)24-18-9-5-4-8-17(18)21(27)28/h1-13H. The second-order valence-electron chi connectivity index (χ2n) is 6.36. The number of halogens is 1. The van der Waals surface area contributed by atoms with Crippen LogP contribution < -0.4 is 5.56 Å². The molecule has 0 fully saturated rings. The van der Waals surface area contributed by atoms with Crippen LogP contribution >= 0.6 is 22.9 Å². The Kier molecular flexibility index (Phi) is 4.42. The second kappa shape index (κ2) is 7.24. The number of aromatic nitrogens is 4. The lowest BCUT2D eigenvalue weighted by Gasteiger charge is -2.10. The molecule has 0 amide bonds. The van der Waals surface area contributed by atoms with Gasteiger partial charge in [0.25, 0.3) is 5.56 Å². The number of nitrogens with zero attached hydrogens (tertiary/aromatic N) is 4. The van der Waals surface area contributed by atoms with Crippen LogP contribution in [0.2, 0.25) is 5.02 Å². The normalized spacial score (nSPS) is 11.1. The van der Waals surface area contributed by atoms with E-state index in [-0.39, 0.29) is 5.56 Å². The molecule has 5 nitrogen and oxygen atoms in total. The van der Waals surface area contributed by atoms with E-state index in [1.807, 2.05) is 60.7 Å². The summed E-state index contributed by atoms with van der Waals surface area (Å²) in [7, 11) is 0. The predicted octanol–water partition coefficient (Wildman–Crippen LogP) is 5.22. The molecule has 140 valence electrons. The van der Waals surface area contributed by atoms with E-state index in [2.05, 4.69) is 10.2 Å². The predicted molar refractivity (Wildman–Crippen MR) is 117 cm³/mol. The first-order valence-electron chi connectivity index (χ1n) is 8.88. The average Bonchev–Trinajstić information content (AvgIpc) is 3.24. The van der Waals surface area contributed by atoms with Crippen molar-refractivity contribution in [3.8, 4) is 27.1 Å². The maximum absolute atomic E-state index is 13.4. The maximum atomic E-state index is 13.4. The zero-order chi connectivity index (χ0) is 19.8. The molecule has 29 heavy (non-hydrogen) atoms. The fourth-order valence-electron chi connectivity index (χ4n) is 3.11. The van der Waals surface area contributed by atoms with Crippen molar-refractivity contribution in [1.29, 1.82) is 0 Å². The molecule has 0 unspecified atom stereocenters. The Balaban J connectivity index is 1.75. The summed E-state index contributed by atoms with van der Waals surface area (Å²) in [4.78, 5) is 18.1. The molecular weight excluding hydrogens is 404 g/mol. The van der Waals surface area contributed by atoms with E-state index in [1.165, 1.54) is 15.9 Å². The van der Waals surface area contributed by atoms with Gasteiger partial charge in [0, 0.05) is 16.1 Å². The number of para-hydroxylation sites is 1. The van der Waals surface area contributed by atoms with Gasteiger partial charge < -0.3 is 0 Å². The molecule has 0 radical (unpaired) electrons. The smallest absolute Gasteiger partial charge is 0.268 e. The Bertz CT molecular complexity index is 1380. The van der Waals surface area contributed by atoms with Gasteiger partial charge in [0.05, 0.1) is 10.9 Å². The summed E-state index contributed by atoms with van der Waals surface area (Å²) in [5.41, 5.74) is 2.20. The summed E-state index contributed by atoms with van der Waals surface area (Å²) < 4.78 is 1.54. The topological polar surface area (TPSA) is 60.7 Å². The Hall–Kier alpha value is -3.35. The van der Waals surface area contributed by atoms with Gasteiger partial charge >= 0.3 is 0 Å². The van der Waals surface area contributed by atoms with E-state index < -0.39 is 0 Å². The highest BCUT2D eigenvalue weighted by Crippen LogP contribution is 2.29. The molecule has 3 aromatic carbocycles. The quantitative estimate of drug-likeness (QED) is 0.404. The Morgan fingerprint density at radius 2 is 1.52 bits per heavy atom. The van der Waals surface area contributed by atoms with Gasteiger partial charge in [0.1, 0.15) is 10.8 Å². The summed E-state index contributed by atoms with van der Waals surface area (Å²) in [6, 6.07) is 24.3. The van der Waals surface area contributed by atoms with Crippen LogP contribution in [0.1, 0.15) is 0 Å². The number of hydrogen-bond donors (Lipinski definition) is 0. The lowest BCUT2D eigenvalue weighted by atomic mass is 10.2. The molecule has 0 saturated heterocycles. The van der Waals surface area contributed by atoms with Gasteiger partial charge in [0.15, 0.2) is 0 Å². The van der Waals surface area contributed by atoms with Crippen molar-refractivity contribution < 1.29 is 0 Å². The highest BCUT2D eigenvalue weighted by molar-refractivity contribution is 7.17. The van der Waals surface area contributed by atoms with Crippen LogP contribution in [0.15, 0.2) is 83.7 Å². The van der Waals surface area contributed by atoms with Crippen LogP contribution in [-0.2, 0) is 0 Å². The molecule has 0 spiro atoms. The van der Waals surface area contributed by atoms with Crippen molar-refractivity contribution in [2.45, 2.75) is 0 Å². The highest BCUT2D eigenvalue weighted by atomic mass is 35.5. The van der Waals surface area contributed by atoms with E-state index in [9.17, 15) is 4.79 Å². The van der Waals surface area contributed by atoms with E-state index in [1.54, 1.807) is 18.2 Å². The molecule has 7 heteroatoms. The second-order valence-corrected chi connectivity index (χ2v) is 7.75. The SMILES string of the molecule is O=c1c2ccccc2nc(-c2ccccc2)n1-c1nnc(-c2ccc(Cl)cc2)s1. The van der Waals surface area contributed by atoms with Crippen LogP contribution in [-0.4, -0.2) is 19.7 Å². The molecule has 2 heterocycles. The lowest BCUT2D eigenvalue weighted by molar-refractivity contribution is 0.921. The number of fused-ring (bicyclic) bond motifs is 1. The number of hydrogen-bond acceptors (Lipinski definition) is 5. The fraction of sp³-hybridized carbons (Fsp3) is 0. The van der Waals surface area contributed by atoms with Crippen LogP contribution in [0, 0.1) is 0 Å². The first-order valence-corrected chi connectivity index (χ1v) is 10.1. The van der Waals surface area contributed by atoms with Crippen LogP contribution in [0.25, 0.3) is 38.0 Å². The monoisotopic (exact) mass is 416 g/mol. The molecule has 0 saturated carbocycles. The van der Waals surface area contributed by atoms with Gasteiger partial charge in [-0.3, -0.25) is 4.79 Å². The third-order valence-electron chi connectivity index (χ3n) is 4.50. The summed E-state index contributed by atoms with van der Waals surface area (Å²) >= 11 is 7.31. The number of rotatable bonds is 3. The van der Waals surface area contributed by atoms with Crippen molar-refractivity contribution in [2.24, 2.45) is 0 Å². The minimum atomic E-state index is -0.173. The number of benzene rings is 3. The van der Waals surface area contributed by atoms with Gasteiger partial charge in [-0.05, 0) is 24.3 Å². The van der Waals surface area contributed by atoms with E-state index in [0.29, 0.717) is 31.9 Å². The Morgan fingerprint density at radius 1 is 0.793 bits per heavy atom. The van der Waals surface area contributed by atoms with E-state index in [4.69, 9.17) is 16.6 Å². The first kappa shape index (κ1) is 17.7. The minimum Gasteiger partial charge on any atom is -0.268 e. The molecule has 2 aromatic heterocycles. The first-order chi connectivity index (χ1) is 14.2. The average molecular weight is 417 g/mol. The van der Waals surface area contributed by atoms with Crippen LogP contribution in [0.3, 0.4) is 0 Å². The fourth-order valence-corrected chi connectivity index (χ4v) is 4.08. The van der Waals surface area contributed by atoms with E-state index >= 15 is 0 Å². The summed E-state index contributed by atoms with van der Waals surface area (Å²) in [5.74, 6) is 0.535. The zero-order valence-electron chi connectivity index (χ0n) is 15.0. The van der Waals surface area contributed by atoms with E-state index in [0.717, 1.165) is 11.1 Å². The minimum absolute atomic E-state index is 0.173. The Morgan fingerprint density at radius 3 is 2.31 bits per heavy atom. The molecule has 5 aromatic rings. The molecular formula is C22H13ClN4OS. The molecule has 0 atom stereocenters. The zero-order valence-corrected chi connectivity index (χ0v) is 16.6. The van der Waals surface area contributed by atoms with Crippen molar-refractivity contribution in [1.82, 2.24) is 19.7 Å². The maximum Gasteiger partial charge on any atom is 0.268 e. The van der Waals surface area contributed by atoms with Gasteiger partial charge in [-0.2, -0.15) is 0 Å². The van der Waals surface area contributed by atoms with Crippen molar-refractivity contribution >= 4 is 33.8 Å². The Labute approximate surface area is 174 Å². The van der Waals surface area contributed by atoms with Gasteiger partial charge in [-0.15, -0.1) is 10.2 Å². The van der Waals surface area contributed by atoms with Gasteiger partial charge in [-0.25, -0.2) is 9.55 Å². The van der Waals surface area contributed by atoms with Crippen molar-refractivity contribution in [3.63, 3.8) is 0 Å². The summed E-state index contributed by atoms with van der Waals surface area (Å²) in [6.45, 7) is 0. The summed E-state index contributed by atoms with van der Waals surface area (Å²) in [5, 5.41) is 10.9. The molecule has 5 rings (SSSR count). The summed E-state index contributed by atoms with van der Waals surface area (Å²) in [6.07, 6.45) is 0. The van der Waals surface area contributed by atoms with Crippen molar-refractivity contribution in [3.05, 3.63) is 94.2 Å². The molecule has 0 N–H and O–H groups in total. The third kappa shape index (κ3) is 3.22. The van der Waals surface area contributed by atoms with Gasteiger partial charge in [0.2, 0.25) is 5.13 Å². The molecule has 0 bridgehead atoms. The van der Waals surface area contributed by atoms with Crippen LogP contribution in [0.4, 0.5) is 0 Å².